The highest BCUT2D eigenvalue weighted by molar-refractivity contribution is 5.92. The van der Waals surface area contributed by atoms with E-state index in [0.29, 0.717) is 13.2 Å². The highest BCUT2D eigenvalue weighted by Gasteiger charge is 2.20. The largest absolute Gasteiger partial charge is 0.494 e. The number of nitrogens with zero attached hydrogens (tertiary/aromatic N) is 3. The van der Waals surface area contributed by atoms with Crippen LogP contribution in [0.1, 0.15) is 36.6 Å². The minimum atomic E-state index is 0.600. The Morgan fingerprint density at radius 1 is 0.840 bits per heavy atom. The van der Waals surface area contributed by atoms with Crippen LogP contribution in [0.25, 0.3) is 16.5 Å². The number of fused-ring (bicyclic) bond motifs is 1. The van der Waals surface area contributed by atoms with Crippen LogP contribution in [-0.4, -0.2) is 28.0 Å². The fourth-order valence-corrected chi connectivity index (χ4v) is 3.54. The zero-order valence-corrected chi connectivity index (χ0v) is 15.8. The van der Waals surface area contributed by atoms with Crippen LogP contribution in [0.3, 0.4) is 0 Å². The summed E-state index contributed by atoms with van der Waals surface area (Å²) in [5.74, 6) is 1.63. The van der Waals surface area contributed by atoms with Gasteiger partial charge in [0.05, 0.1) is 30.3 Å². The number of ether oxygens (including phenoxy) is 2. The number of rotatable bonds is 5. The normalized spacial score (nSPS) is 11.1. The molecule has 0 bridgehead atoms. The molecule has 0 unspecified atom stereocenters. The Balaban J connectivity index is 2.30. The van der Waals surface area contributed by atoms with Gasteiger partial charge in [0.25, 0.3) is 0 Å². The maximum Gasteiger partial charge on any atom is 0.146 e. The second-order valence-corrected chi connectivity index (χ2v) is 6.12. The number of aromatic nitrogens is 3. The highest BCUT2D eigenvalue weighted by Crippen LogP contribution is 2.36. The molecule has 0 atom stereocenters. The number of hydrogen-bond donors (Lipinski definition) is 0. The molecule has 0 aliphatic heterocycles. The van der Waals surface area contributed by atoms with Crippen molar-refractivity contribution in [2.75, 3.05) is 13.2 Å². The van der Waals surface area contributed by atoms with Crippen LogP contribution in [0.15, 0.2) is 18.2 Å². The van der Waals surface area contributed by atoms with Crippen molar-refractivity contribution < 1.29 is 9.47 Å². The van der Waals surface area contributed by atoms with E-state index < -0.39 is 0 Å². The zero-order valence-electron chi connectivity index (χ0n) is 15.8. The second kappa shape index (κ2) is 6.75. The summed E-state index contributed by atoms with van der Waals surface area (Å²) in [6.07, 6.45) is 0. The molecule has 0 N–H and O–H groups in total. The summed E-state index contributed by atoms with van der Waals surface area (Å²) in [6.45, 7) is 13.5. The van der Waals surface area contributed by atoms with Crippen LogP contribution in [0.2, 0.25) is 0 Å². The van der Waals surface area contributed by atoms with Crippen molar-refractivity contribution in [2.24, 2.45) is 0 Å². The molecule has 3 rings (SSSR count). The van der Waals surface area contributed by atoms with Crippen molar-refractivity contribution in [1.82, 2.24) is 14.8 Å². The first-order valence-corrected chi connectivity index (χ1v) is 8.71. The predicted octanol–water partition coefficient (Wildman–Crippen LogP) is 4.45. The van der Waals surface area contributed by atoms with Crippen LogP contribution in [-0.2, 0) is 0 Å². The molecule has 2 aromatic heterocycles. The third-order valence-electron chi connectivity index (χ3n) is 4.50. The average molecular weight is 339 g/mol. The van der Waals surface area contributed by atoms with E-state index in [4.69, 9.17) is 9.47 Å². The summed E-state index contributed by atoms with van der Waals surface area (Å²) in [6, 6.07) is 6.00. The van der Waals surface area contributed by atoms with Crippen molar-refractivity contribution in [2.45, 2.75) is 41.5 Å². The molecule has 0 amide bonds. The average Bonchev–Trinajstić information content (AvgIpc) is 2.85. The van der Waals surface area contributed by atoms with Crippen molar-refractivity contribution in [3.8, 4) is 17.2 Å². The van der Waals surface area contributed by atoms with Gasteiger partial charge in [0.2, 0.25) is 0 Å². The van der Waals surface area contributed by atoms with Crippen LogP contribution in [0.4, 0.5) is 0 Å². The molecule has 0 spiro atoms. The van der Waals surface area contributed by atoms with Gasteiger partial charge in [0.15, 0.2) is 0 Å². The van der Waals surface area contributed by atoms with Gasteiger partial charge >= 0.3 is 0 Å². The van der Waals surface area contributed by atoms with Gasteiger partial charge in [-0.25, -0.2) is 0 Å². The molecule has 1 aromatic carbocycles. The Kier molecular flexibility index (Phi) is 4.66. The lowest BCUT2D eigenvalue weighted by atomic mass is 10.1. The number of aryl methyl sites for hydroxylation is 4. The molecule has 0 aliphatic carbocycles. The van der Waals surface area contributed by atoms with Crippen LogP contribution < -0.4 is 9.47 Å². The fraction of sp³-hybridized carbons (Fsp3) is 0.400. The predicted molar refractivity (Wildman–Crippen MR) is 100 cm³/mol. The Morgan fingerprint density at radius 2 is 1.40 bits per heavy atom. The quantitative estimate of drug-likeness (QED) is 0.689. The SMILES string of the molecule is CCOc1ccc(-n2c(C)c3c(C)nnc(C)c3c2C)c(OCC)c1. The molecule has 5 heteroatoms. The van der Waals surface area contributed by atoms with Crippen LogP contribution in [0, 0.1) is 27.7 Å². The highest BCUT2D eigenvalue weighted by atomic mass is 16.5. The first kappa shape index (κ1) is 17.3. The molecule has 0 radical (unpaired) electrons. The molecular formula is C20H25N3O2. The summed E-state index contributed by atoms with van der Waals surface area (Å²) >= 11 is 0. The van der Waals surface area contributed by atoms with Crippen LogP contribution in [0.5, 0.6) is 11.5 Å². The lowest BCUT2D eigenvalue weighted by Crippen LogP contribution is -2.04. The van der Waals surface area contributed by atoms with E-state index >= 15 is 0 Å². The Morgan fingerprint density at radius 3 is 1.92 bits per heavy atom. The third kappa shape index (κ3) is 2.84. The Hall–Kier alpha value is -2.56. The van der Waals surface area contributed by atoms with E-state index in [0.717, 1.165) is 40.0 Å². The van der Waals surface area contributed by atoms with Gasteiger partial charge in [-0.05, 0) is 53.7 Å². The van der Waals surface area contributed by atoms with E-state index in [1.54, 1.807) is 0 Å². The van der Waals surface area contributed by atoms with Gasteiger partial charge in [-0.2, -0.15) is 10.2 Å². The van der Waals surface area contributed by atoms with Gasteiger partial charge in [-0.1, -0.05) is 0 Å². The zero-order chi connectivity index (χ0) is 18.1. The van der Waals surface area contributed by atoms with E-state index in [9.17, 15) is 0 Å². The molecule has 132 valence electrons. The second-order valence-electron chi connectivity index (χ2n) is 6.12. The van der Waals surface area contributed by atoms with Crippen molar-refractivity contribution in [3.05, 3.63) is 41.0 Å². The summed E-state index contributed by atoms with van der Waals surface area (Å²) in [5, 5.41) is 10.9. The first-order valence-electron chi connectivity index (χ1n) is 8.71. The summed E-state index contributed by atoms with van der Waals surface area (Å²) in [7, 11) is 0. The molecule has 0 saturated heterocycles. The standard InChI is InChI=1S/C20H25N3O2/c1-7-24-16-9-10-17(18(11-16)25-8-2)23-14(5)19-12(3)21-22-13(4)20(19)15(23)6/h9-11H,7-8H2,1-6H3. The van der Waals surface area contributed by atoms with E-state index in [1.807, 2.05) is 39.8 Å². The number of hydrogen-bond acceptors (Lipinski definition) is 4. The molecule has 0 saturated carbocycles. The van der Waals surface area contributed by atoms with Crippen molar-refractivity contribution >= 4 is 10.8 Å². The van der Waals surface area contributed by atoms with Crippen molar-refractivity contribution in [3.63, 3.8) is 0 Å². The lowest BCUT2D eigenvalue weighted by Gasteiger charge is -2.16. The Bertz CT molecular complexity index is 884. The van der Waals surface area contributed by atoms with E-state index in [-0.39, 0.29) is 0 Å². The molecule has 2 heterocycles. The molecule has 0 aliphatic rings. The minimum absolute atomic E-state index is 0.600. The maximum absolute atomic E-state index is 5.91. The van der Waals surface area contributed by atoms with Gasteiger partial charge < -0.3 is 14.0 Å². The van der Waals surface area contributed by atoms with Crippen molar-refractivity contribution in [1.29, 1.82) is 0 Å². The fourth-order valence-electron chi connectivity index (χ4n) is 3.54. The van der Waals surface area contributed by atoms with Gasteiger partial charge in [-0.15, -0.1) is 0 Å². The van der Waals surface area contributed by atoms with Gasteiger partial charge in [0, 0.05) is 28.2 Å². The smallest absolute Gasteiger partial charge is 0.146 e. The lowest BCUT2D eigenvalue weighted by molar-refractivity contribution is 0.322. The molecule has 3 aromatic rings. The topological polar surface area (TPSA) is 49.2 Å². The van der Waals surface area contributed by atoms with E-state index in [1.165, 1.54) is 10.8 Å². The number of benzene rings is 1. The van der Waals surface area contributed by atoms with Gasteiger partial charge in [0.1, 0.15) is 11.5 Å². The minimum Gasteiger partial charge on any atom is -0.494 e. The summed E-state index contributed by atoms with van der Waals surface area (Å²) in [5.41, 5.74) is 5.20. The first-order chi connectivity index (χ1) is 12.0. The monoisotopic (exact) mass is 339 g/mol. The molecule has 0 fully saturated rings. The third-order valence-corrected chi connectivity index (χ3v) is 4.50. The van der Waals surface area contributed by atoms with Crippen LogP contribution >= 0.6 is 0 Å². The molecule has 25 heavy (non-hydrogen) atoms. The summed E-state index contributed by atoms with van der Waals surface area (Å²) < 4.78 is 13.8. The van der Waals surface area contributed by atoms with E-state index in [2.05, 4.69) is 34.7 Å². The van der Waals surface area contributed by atoms with Gasteiger partial charge in [-0.3, -0.25) is 0 Å². The maximum atomic E-state index is 5.91. The summed E-state index contributed by atoms with van der Waals surface area (Å²) in [4.78, 5) is 0. The molecular weight excluding hydrogens is 314 g/mol. The molecule has 5 nitrogen and oxygen atoms in total. The Labute approximate surface area is 148 Å².